The van der Waals surface area contributed by atoms with E-state index in [-0.39, 0.29) is 18.2 Å². The number of β-amino-alcohol motifs (C(OH)–C–C–N with tert-alkyl or cyclic N) is 1. The van der Waals surface area contributed by atoms with Gasteiger partial charge in [-0.15, -0.1) is 0 Å². The van der Waals surface area contributed by atoms with Gasteiger partial charge in [-0.2, -0.15) is 0 Å². The number of aliphatic hydroxyl groups is 1. The number of aromatic nitrogens is 2. The topological polar surface area (TPSA) is 125 Å². The number of ether oxygens (including phenoxy) is 1. The van der Waals surface area contributed by atoms with Crippen LogP contribution in [0.5, 0.6) is 5.75 Å². The monoisotopic (exact) mass is 422 g/mol. The number of carbonyl (C=O) groups excluding carboxylic acids is 1. The number of fused-ring (bicyclic) bond motifs is 1. The molecule has 3 aromatic rings. The molecule has 0 saturated carbocycles. The highest BCUT2D eigenvalue weighted by atomic mass is 16.5. The van der Waals surface area contributed by atoms with Crippen molar-refractivity contribution in [3.8, 4) is 5.75 Å². The molecule has 0 spiro atoms. The average molecular weight is 422 g/mol. The third-order valence-corrected chi connectivity index (χ3v) is 5.18. The minimum absolute atomic E-state index is 0.0823. The molecular formula is C22H22N4O5. The van der Waals surface area contributed by atoms with Gasteiger partial charge in [0.05, 0.1) is 11.2 Å². The fourth-order valence-corrected chi connectivity index (χ4v) is 3.65. The number of carboxylic acids is 1. The Hall–Kier alpha value is -3.72. The van der Waals surface area contributed by atoms with Gasteiger partial charge in [0.2, 0.25) is 0 Å². The van der Waals surface area contributed by atoms with Crippen LogP contribution < -0.4 is 15.0 Å². The van der Waals surface area contributed by atoms with Gasteiger partial charge in [0, 0.05) is 37.6 Å². The lowest BCUT2D eigenvalue weighted by Gasteiger charge is -2.25. The van der Waals surface area contributed by atoms with Crippen LogP contribution in [-0.4, -0.2) is 63.9 Å². The van der Waals surface area contributed by atoms with Crippen molar-refractivity contribution >= 4 is 28.6 Å². The summed E-state index contributed by atoms with van der Waals surface area (Å²) in [5.74, 6) is -1.18. The minimum atomic E-state index is -1.10. The highest BCUT2D eigenvalue weighted by molar-refractivity contribution is 5.94. The van der Waals surface area contributed by atoms with E-state index in [1.807, 2.05) is 23.1 Å². The Morgan fingerprint density at radius 2 is 2.03 bits per heavy atom. The molecule has 1 aliphatic rings. The molecule has 1 amide bonds. The van der Waals surface area contributed by atoms with Crippen molar-refractivity contribution in [2.75, 3.05) is 31.1 Å². The predicted molar refractivity (Wildman–Crippen MR) is 113 cm³/mol. The largest absolute Gasteiger partial charge is 0.482 e. The molecule has 2 aromatic heterocycles. The second kappa shape index (κ2) is 8.57. The number of hydrogen-bond donors (Lipinski definition) is 3. The molecule has 160 valence electrons. The van der Waals surface area contributed by atoms with Crippen molar-refractivity contribution in [2.45, 2.75) is 12.0 Å². The third kappa shape index (κ3) is 4.72. The van der Waals surface area contributed by atoms with E-state index in [9.17, 15) is 14.7 Å². The van der Waals surface area contributed by atoms with Gasteiger partial charge in [0.15, 0.2) is 6.61 Å². The zero-order valence-electron chi connectivity index (χ0n) is 16.7. The first-order valence-corrected chi connectivity index (χ1v) is 9.83. The molecule has 3 heterocycles. The molecule has 0 bridgehead atoms. The molecule has 0 aliphatic carbocycles. The van der Waals surface area contributed by atoms with Gasteiger partial charge in [0.25, 0.3) is 5.91 Å². The molecule has 31 heavy (non-hydrogen) atoms. The van der Waals surface area contributed by atoms with Gasteiger partial charge in [-0.25, -0.2) is 4.79 Å². The van der Waals surface area contributed by atoms with E-state index < -0.39 is 18.2 Å². The highest BCUT2D eigenvalue weighted by Crippen LogP contribution is 2.30. The Kier molecular flexibility index (Phi) is 5.68. The van der Waals surface area contributed by atoms with E-state index in [0.717, 1.165) is 16.7 Å². The zero-order chi connectivity index (χ0) is 21.8. The molecule has 9 nitrogen and oxygen atoms in total. The maximum Gasteiger partial charge on any atom is 0.341 e. The summed E-state index contributed by atoms with van der Waals surface area (Å²) in [6.07, 6.45) is 3.92. The SMILES string of the molecule is O=C(O)COc1cccc(C(=O)NC[C@]2(O)CCN(c3ccnc4cccnc34)C2)c1. The molecule has 1 aliphatic heterocycles. The first kappa shape index (κ1) is 20.5. The van der Waals surface area contributed by atoms with Gasteiger partial charge >= 0.3 is 5.97 Å². The molecule has 4 rings (SSSR count). The van der Waals surface area contributed by atoms with E-state index in [4.69, 9.17) is 9.84 Å². The maximum absolute atomic E-state index is 12.5. The second-order valence-corrected chi connectivity index (χ2v) is 7.49. The predicted octanol–water partition coefficient (Wildman–Crippen LogP) is 1.46. The van der Waals surface area contributed by atoms with Gasteiger partial charge < -0.3 is 25.2 Å². The number of hydrogen-bond acceptors (Lipinski definition) is 7. The van der Waals surface area contributed by atoms with Crippen molar-refractivity contribution in [3.63, 3.8) is 0 Å². The Bertz CT molecular complexity index is 1120. The van der Waals surface area contributed by atoms with E-state index >= 15 is 0 Å². The van der Waals surface area contributed by atoms with Crippen molar-refractivity contribution in [2.24, 2.45) is 0 Å². The van der Waals surface area contributed by atoms with Crippen LogP contribution >= 0.6 is 0 Å². The summed E-state index contributed by atoms with van der Waals surface area (Å²) in [5, 5.41) is 22.5. The number of amides is 1. The van der Waals surface area contributed by atoms with E-state index in [1.165, 1.54) is 6.07 Å². The minimum Gasteiger partial charge on any atom is -0.482 e. The fraction of sp³-hybridized carbons (Fsp3) is 0.273. The molecule has 0 radical (unpaired) electrons. The van der Waals surface area contributed by atoms with Crippen molar-refractivity contribution in [1.29, 1.82) is 0 Å². The number of nitrogens with one attached hydrogen (secondary N) is 1. The summed E-state index contributed by atoms with van der Waals surface area (Å²) in [4.78, 5) is 34.0. The Balaban J connectivity index is 1.39. The number of pyridine rings is 2. The number of carboxylic acid groups (broad SMARTS) is 1. The first-order chi connectivity index (χ1) is 14.9. The summed E-state index contributed by atoms with van der Waals surface area (Å²) in [6.45, 7) is 0.573. The third-order valence-electron chi connectivity index (χ3n) is 5.18. The fourth-order valence-electron chi connectivity index (χ4n) is 3.65. The molecule has 1 atom stereocenters. The molecule has 1 aromatic carbocycles. The summed E-state index contributed by atoms with van der Waals surface area (Å²) < 4.78 is 5.11. The van der Waals surface area contributed by atoms with Gasteiger partial charge in [-0.3, -0.25) is 14.8 Å². The number of anilines is 1. The van der Waals surface area contributed by atoms with Crippen LogP contribution in [0.2, 0.25) is 0 Å². The zero-order valence-corrected chi connectivity index (χ0v) is 16.7. The number of aliphatic carboxylic acids is 1. The Morgan fingerprint density at radius 3 is 2.87 bits per heavy atom. The summed E-state index contributed by atoms with van der Waals surface area (Å²) in [5.41, 5.74) is 1.70. The van der Waals surface area contributed by atoms with Crippen LogP contribution in [0.15, 0.2) is 54.9 Å². The average Bonchev–Trinajstić information content (AvgIpc) is 3.18. The molecular weight excluding hydrogens is 400 g/mol. The number of rotatable bonds is 7. The quantitative estimate of drug-likeness (QED) is 0.523. The second-order valence-electron chi connectivity index (χ2n) is 7.49. The lowest BCUT2D eigenvalue weighted by atomic mass is 10.0. The lowest BCUT2D eigenvalue weighted by Crippen LogP contribution is -2.45. The molecule has 1 saturated heterocycles. The van der Waals surface area contributed by atoms with Crippen LogP contribution in [0.1, 0.15) is 16.8 Å². The van der Waals surface area contributed by atoms with Crippen LogP contribution in [0.3, 0.4) is 0 Å². The lowest BCUT2D eigenvalue weighted by molar-refractivity contribution is -0.139. The first-order valence-electron chi connectivity index (χ1n) is 9.83. The molecule has 9 heteroatoms. The number of carbonyl (C=O) groups is 2. The highest BCUT2D eigenvalue weighted by Gasteiger charge is 2.37. The van der Waals surface area contributed by atoms with Gasteiger partial charge in [-0.05, 0) is 42.8 Å². The van der Waals surface area contributed by atoms with Crippen LogP contribution in [0.25, 0.3) is 11.0 Å². The normalized spacial score (nSPS) is 18.2. The van der Waals surface area contributed by atoms with Gasteiger partial charge in [-0.1, -0.05) is 6.07 Å². The van der Waals surface area contributed by atoms with Crippen molar-refractivity contribution in [3.05, 3.63) is 60.4 Å². The standard InChI is InChI=1S/C22H22N4O5/c27-19(28)12-31-16-4-1-3-15(11-16)21(29)25-13-22(30)7-10-26(14-22)18-6-9-23-17-5-2-8-24-20(17)18/h1-6,8-9,11,30H,7,10,12-14H2,(H,25,29)(H,27,28)/t22-/m1/s1. The van der Waals surface area contributed by atoms with Crippen LogP contribution in [0.4, 0.5) is 5.69 Å². The Labute approximate surface area is 178 Å². The van der Waals surface area contributed by atoms with E-state index in [1.54, 1.807) is 30.6 Å². The summed E-state index contributed by atoms with van der Waals surface area (Å²) in [6, 6.07) is 11.9. The summed E-state index contributed by atoms with van der Waals surface area (Å²) in [7, 11) is 0. The van der Waals surface area contributed by atoms with E-state index in [2.05, 4.69) is 15.3 Å². The number of benzene rings is 1. The van der Waals surface area contributed by atoms with Crippen molar-refractivity contribution in [1.82, 2.24) is 15.3 Å². The van der Waals surface area contributed by atoms with Crippen LogP contribution in [-0.2, 0) is 4.79 Å². The molecule has 3 N–H and O–H groups in total. The van der Waals surface area contributed by atoms with Crippen LogP contribution in [0, 0.1) is 0 Å². The molecule has 0 unspecified atom stereocenters. The Morgan fingerprint density at radius 1 is 1.16 bits per heavy atom. The summed E-state index contributed by atoms with van der Waals surface area (Å²) >= 11 is 0. The van der Waals surface area contributed by atoms with Crippen molar-refractivity contribution < 1.29 is 24.5 Å². The maximum atomic E-state index is 12.5. The van der Waals surface area contributed by atoms with Gasteiger partial charge in [0.1, 0.15) is 16.9 Å². The van der Waals surface area contributed by atoms with E-state index in [0.29, 0.717) is 25.1 Å². The molecule has 1 fully saturated rings. The smallest absolute Gasteiger partial charge is 0.341 e. The number of nitrogens with zero attached hydrogens (tertiary/aromatic N) is 3.